The summed E-state index contributed by atoms with van der Waals surface area (Å²) < 4.78 is 31.6. The number of benzene rings is 3. The van der Waals surface area contributed by atoms with Gasteiger partial charge in [0.1, 0.15) is 18.2 Å². The first-order valence-corrected chi connectivity index (χ1v) is 9.72. The van der Waals surface area contributed by atoms with Gasteiger partial charge in [-0.05, 0) is 29.8 Å². The molecule has 0 heterocycles. The Morgan fingerprint density at radius 3 is 2.19 bits per heavy atom. The third-order valence-corrected chi connectivity index (χ3v) is 4.48. The smallest absolute Gasteiger partial charge is 0.325 e. The van der Waals surface area contributed by atoms with Crippen molar-refractivity contribution in [1.82, 2.24) is 5.32 Å². The molecule has 3 aromatic carbocycles. The lowest BCUT2D eigenvalue weighted by molar-refractivity contribution is -0.146. The SMILES string of the molecule is O=C(CNC(=O)c1ccc(F)cc1F)OCC(=O)N(Cc1ccccc1)c1ccccc1. The average Bonchev–Trinajstić information content (AvgIpc) is 2.80. The van der Waals surface area contributed by atoms with Gasteiger partial charge in [0.05, 0.1) is 12.1 Å². The van der Waals surface area contributed by atoms with Crippen LogP contribution in [-0.2, 0) is 20.9 Å². The van der Waals surface area contributed by atoms with Gasteiger partial charge in [0, 0.05) is 11.8 Å². The Bertz CT molecular complexity index is 1090. The molecule has 0 saturated heterocycles. The van der Waals surface area contributed by atoms with Gasteiger partial charge in [0.25, 0.3) is 11.8 Å². The highest BCUT2D eigenvalue weighted by Crippen LogP contribution is 2.17. The van der Waals surface area contributed by atoms with Gasteiger partial charge in [0.15, 0.2) is 6.61 Å². The Balaban J connectivity index is 1.56. The highest BCUT2D eigenvalue weighted by atomic mass is 19.1. The zero-order valence-electron chi connectivity index (χ0n) is 17.0. The van der Waals surface area contributed by atoms with Crippen LogP contribution in [0.1, 0.15) is 15.9 Å². The molecule has 0 fully saturated rings. The highest BCUT2D eigenvalue weighted by Gasteiger charge is 2.19. The number of nitrogens with one attached hydrogen (secondary N) is 1. The molecule has 0 aliphatic rings. The van der Waals surface area contributed by atoms with Crippen molar-refractivity contribution in [2.24, 2.45) is 0 Å². The molecular formula is C24H20F2N2O4. The van der Waals surface area contributed by atoms with Crippen LogP contribution in [0.25, 0.3) is 0 Å². The number of halogens is 2. The van der Waals surface area contributed by atoms with Crippen molar-refractivity contribution < 1.29 is 27.9 Å². The van der Waals surface area contributed by atoms with E-state index >= 15 is 0 Å². The highest BCUT2D eigenvalue weighted by molar-refractivity contribution is 5.97. The fraction of sp³-hybridized carbons (Fsp3) is 0.125. The molecule has 0 aromatic heterocycles. The minimum Gasteiger partial charge on any atom is -0.454 e. The molecule has 1 N–H and O–H groups in total. The Morgan fingerprint density at radius 1 is 0.875 bits per heavy atom. The molecule has 0 unspecified atom stereocenters. The predicted octanol–water partition coefficient (Wildman–Crippen LogP) is 3.47. The van der Waals surface area contributed by atoms with Gasteiger partial charge in [0.2, 0.25) is 0 Å². The average molecular weight is 438 g/mol. The maximum Gasteiger partial charge on any atom is 0.325 e. The number of para-hydroxylation sites is 1. The van der Waals surface area contributed by atoms with Crippen LogP contribution in [-0.4, -0.2) is 30.9 Å². The Kier molecular flexibility index (Phi) is 7.64. The van der Waals surface area contributed by atoms with E-state index in [1.54, 1.807) is 24.3 Å². The third-order valence-electron chi connectivity index (χ3n) is 4.48. The van der Waals surface area contributed by atoms with E-state index in [9.17, 15) is 23.2 Å². The molecule has 0 atom stereocenters. The number of rotatable bonds is 8. The van der Waals surface area contributed by atoms with Crippen LogP contribution in [0, 0.1) is 11.6 Å². The normalized spacial score (nSPS) is 10.3. The first kappa shape index (κ1) is 22.6. The van der Waals surface area contributed by atoms with Crippen molar-refractivity contribution in [2.75, 3.05) is 18.1 Å². The van der Waals surface area contributed by atoms with Gasteiger partial charge in [-0.15, -0.1) is 0 Å². The first-order chi connectivity index (χ1) is 15.4. The number of ether oxygens (including phenoxy) is 1. The van der Waals surface area contributed by atoms with E-state index in [2.05, 4.69) is 5.32 Å². The number of hydrogen-bond acceptors (Lipinski definition) is 4. The predicted molar refractivity (Wildman–Crippen MR) is 114 cm³/mol. The Labute approximate surface area is 183 Å². The molecule has 0 spiro atoms. The number of amides is 2. The van der Waals surface area contributed by atoms with Crippen molar-refractivity contribution >= 4 is 23.5 Å². The molecule has 2 amide bonds. The second kappa shape index (κ2) is 10.8. The van der Waals surface area contributed by atoms with Crippen LogP contribution >= 0.6 is 0 Å². The van der Waals surface area contributed by atoms with Crippen LogP contribution in [0.5, 0.6) is 0 Å². The van der Waals surface area contributed by atoms with Crippen LogP contribution in [0.2, 0.25) is 0 Å². The summed E-state index contributed by atoms with van der Waals surface area (Å²) >= 11 is 0. The lowest BCUT2D eigenvalue weighted by Gasteiger charge is -2.23. The minimum absolute atomic E-state index is 0.280. The summed E-state index contributed by atoms with van der Waals surface area (Å²) in [6.07, 6.45) is 0. The summed E-state index contributed by atoms with van der Waals surface area (Å²) in [5.74, 6) is -4.10. The van der Waals surface area contributed by atoms with Gasteiger partial charge in [-0.1, -0.05) is 48.5 Å². The van der Waals surface area contributed by atoms with Gasteiger partial charge < -0.3 is 15.0 Å². The number of hydrogen-bond donors (Lipinski definition) is 1. The molecule has 0 aliphatic heterocycles. The maximum atomic E-state index is 13.6. The monoisotopic (exact) mass is 438 g/mol. The molecule has 164 valence electrons. The van der Waals surface area contributed by atoms with E-state index in [1.807, 2.05) is 36.4 Å². The number of carbonyl (C=O) groups is 3. The third kappa shape index (κ3) is 6.21. The standard InChI is InChI=1S/C24H20F2N2O4/c25-18-11-12-20(21(26)13-18)24(31)27-14-23(30)32-16-22(29)28(19-9-5-2-6-10-19)15-17-7-3-1-4-8-17/h1-13H,14-16H2,(H,27,31). The second-order valence-electron chi connectivity index (χ2n) is 6.77. The molecule has 8 heteroatoms. The quantitative estimate of drug-likeness (QED) is 0.547. The lowest BCUT2D eigenvalue weighted by atomic mass is 10.2. The van der Waals surface area contributed by atoms with Gasteiger partial charge in [-0.25, -0.2) is 8.78 Å². The summed E-state index contributed by atoms with van der Waals surface area (Å²) in [5, 5.41) is 2.18. The van der Waals surface area contributed by atoms with Crippen molar-refractivity contribution in [1.29, 1.82) is 0 Å². The van der Waals surface area contributed by atoms with E-state index in [4.69, 9.17) is 4.74 Å². The molecule has 0 saturated carbocycles. The lowest BCUT2D eigenvalue weighted by Crippen LogP contribution is -2.36. The van der Waals surface area contributed by atoms with E-state index < -0.39 is 48.1 Å². The van der Waals surface area contributed by atoms with E-state index in [-0.39, 0.29) is 6.54 Å². The topological polar surface area (TPSA) is 75.7 Å². The molecule has 32 heavy (non-hydrogen) atoms. The number of nitrogens with zero attached hydrogens (tertiary/aromatic N) is 1. The second-order valence-corrected chi connectivity index (χ2v) is 6.77. The Hall–Kier alpha value is -4.07. The fourth-order valence-electron chi connectivity index (χ4n) is 2.89. The first-order valence-electron chi connectivity index (χ1n) is 9.72. The van der Waals surface area contributed by atoms with Gasteiger partial charge >= 0.3 is 5.97 Å². The molecule has 0 radical (unpaired) electrons. The van der Waals surface area contributed by atoms with E-state index in [0.29, 0.717) is 11.8 Å². The van der Waals surface area contributed by atoms with Crippen molar-refractivity contribution in [3.05, 3.63) is 102 Å². The van der Waals surface area contributed by atoms with Crippen molar-refractivity contribution in [3.63, 3.8) is 0 Å². The number of carbonyl (C=O) groups excluding carboxylic acids is 3. The van der Waals surface area contributed by atoms with Crippen LogP contribution in [0.15, 0.2) is 78.9 Å². The summed E-state index contributed by atoms with van der Waals surface area (Å²) in [6, 6.07) is 20.7. The van der Waals surface area contributed by atoms with Crippen molar-refractivity contribution in [3.8, 4) is 0 Å². The molecule has 3 aromatic rings. The Morgan fingerprint density at radius 2 is 1.53 bits per heavy atom. The number of anilines is 1. The van der Waals surface area contributed by atoms with Crippen molar-refractivity contribution in [2.45, 2.75) is 6.54 Å². The maximum absolute atomic E-state index is 13.6. The van der Waals surface area contributed by atoms with Gasteiger partial charge in [-0.2, -0.15) is 0 Å². The van der Waals surface area contributed by atoms with Crippen LogP contribution in [0.3, 0.4) is 0 Å². The largest absolute Gasteiger partial charge is 0.454 e. The van der Waals surface area contributed by atoms with Crippen LogP contribution in [0.4, 0.5) is 14.5 Å². The van der Waals surface area contributed by atoms with E-state index in [1.165, 1.54) is 4.90 Å². The summed E-state index contributed by atoms with van der Waals surface area (Å²) in [7, 11) is 0. The van der Waals surface area contributed by atoms with Gasteiger partial charge in [-0.3, -0.25) is 14.4 Å². The summed E-state index contributed by atoms with van der Waals surface area (Å²) in [6.45, 7) is -0.837. The zero-order valence-corrected chi connectivity index (χ0v) is 17.0. The number of esters is 1. The molecule has 3 rings (SSSR count). The summed E-state index contributed by atoms with van der Waals surface area (Å²) in [5.41, 5.74) is 1.12. The molecular weight excluding hydrogens is 418 g/mol. The molecule has 6 nitrogen and oxygen atoms in total. The minimum atomic E-state index is -1.05. The van der Waals surface area contributed by atoms with E-state index in [0.717, 1.165) is 17.7 Å². The summed E-state index contributed by atoms with van der Waals surface area (Å²) in [4.78, 5) is 38.2. The fourth-order valence-corrected chi connectivity index (χ4v) is 2.89. The van der Waals surface area contributed by atoms with Crippen LogP contribution < -0.4 is 10.2 Å². The molecule has 0 bridgehead atoms. The zero-order chi connectivity index (χ0) is 22.9. The molecule has 0 aliphatic carbocycles.